The van der Waals surface area contributed by atoms with Crippen LogP contribution in [0, 0.1) is 0 Å². The summed E-state index contributed by atoms with van der Waals surface area (Å²) in [5.74, 6) is 2.50. The Hall–Kier alpha value is -7.35. The summed E-state index contributed by atoms with van der Waals surface area (Å²) in [4.78, 5) is 25.8. The third-order valence-electron chi connectivity index (χ3n) is 10.2. The summed E-state index contributed by atoms with van der Waals surface area (Å²) in [5, 5.41) is 3.14. The summed E-state index contributed by atoms with van der Waals surface area (Å²) in [6.45, 7) is 0. The van der Waals surface area contributed by atoms with E-state index in [1.807, 2.05) is 72.8 Å². The van der Waals surface area contributed by atoms with Crippen molar-refractivity contribution in [2.75, 3.05) is 0 Å². The highest BCUT2D eigenvalue weighted by Gasteiger charge is 2.22. The minimum atomic E-state index is 0.617. The second-order valence-corrected chi connectivity index (χ2v) is 14.7. The molecule has 0 fully saturated rings. The number of hydrogen-bond donors (Lipinski definition) is 0. The molecule has 0 unspecified atom stereocenters. The molecule has 0 aliphatic carbocycles. The number of fused-ring (bicyclic) bond motifs is 6. The maximum Gasteiger partial charge on any atom is 0.180 e. The molecule has 0 radical (unpaired) electrons. The third-order valence-corrected chi connectivity index (χ3v) is 11.4. The van der Waals surface area contributed by atoms with Crippen LogP contribution in [0.5, 0.6) is 0 Å². The Balaban J connectivity index is 1.12. The van der Waals surface area contributed by atoms with Crippen molar-refractivity contribution in [3.05, 3.63) is 176 Å². The van der Waals surface area contributed by atoms with Gasteiger partial charge in [0.05, 0.1) is 0 Å². The zero-order valence-corrected chi connectivity index (χ0v) is 30.6. The Bertz CT molecular complexity index is 3250. The summed E-state index contributed by atoms with van der Waals surface area (Å²) in [7, 11) is 0. The molecule has 11 rings (SSSR count). The van der Waals surface area contributed by atoms with Gasteiger partial charge in [0.15, 0.2) is 28.9 Å². The van der Waals surface area contributed by atoms with Crippen molar-refractivity contribution >= 4 is 53.6 Å². The van der Waals surface area contributed by atoms with Crippen LogP contribution in [0.2, 0.25) is 0 Å². The van der Waals surface area contributed by atoms with Gasteiger partial charge in [-0.25, -0.2) is 24.9 Å². The Morgan fingerprint density at radius 2 is 0.964 bits per heavy atom. The molecule has 7 aromatic carbocycles. The summed E-state index contributed by atoms with van der Waals surface area (Å²) < 4.78 is 8.62. The van der Waals surface area contributed by atoms with E-state index < -0.39 is 0 Å². The van der Waals surface area contributed by atoms with Crippen molar-refractivity contribution in [1.29, 1.82) is 0 Å². The van der Waals surface area contributed by atoms with Crippen molar-refractivity contribution in [1.82, 2.24) is 24.9 Å². The van der Waals surface area contributed by atoms with Crippen LogP contribution in [0.3, 0.4) is 0 Å². The van der Waals surface area contributed by atoms with Gasteiger partial charge in [-0.15, -0.1) is 11.3 Å². The van der Waals surface area contributed by atoms with E-state index in [9.17, 15) is 0 Å². The highest BCUT2D eigenvalue weighted by molar-refractivity contribution is 7.26. The van der Waals surface area contributed by atoms with E-state index in [0.29, 0.717) is 28.9 Å². The molecule has 0 aliphatic heterocycles. The van der Waals surface area contributed by atoms with Gasteiger partial charge in [-0.2, -0.15) is 0 Å². The van der Waals surface area contributed by atoms with Crippen LogP contribution in [0.4, 0.5) is 0 Å². The van der Waals surface area contributed by atoms with Crippen molar-refractivity contribution in [3.63, 3.8) is 0 Å². The minimum absolute atomic E-state index is 0.617. The van der Waals surface area contributed by atoms with E-state index in [1.54, 1.807) is 11.3 Å². The molecule has 0 N–H and O–H groups in total. The Labute approximate surface area is 325 Å². The number of rotatable bonds is 6. The molecule has 0 spiro atoms. The largest absolute Gasteiger partial charge is 0.452 e. The molecular weight excluding hydrogens is 707 g/mol. The van der Waals surface area contributed by atoms with Crippen molar-refractivity contribution in [2.45, 2.75) is 0 Å². The van der Waals surface area contributed by atoms with Crippen molar-refractivity contribution < 1.29 is 4.42 Å². The number of hydrogen-bond acceptors (Lipinski definition) is 7. The molecule has 6 nitrogen and oxygen atoms in total. The molecule has 4 heterocycles. The average Bonchev–Trinajstić information content (AvgIpc) is 3.86. The lowest BCUT2D eigenvalue weighted by Crippen LogP contribution is -2.00. The first-order valence-corrected chi connectivity index (χ1v) is 19.2. The Morgan fingerprint density at radius 3 is 1.77 bits per heavy atom. The molecule has 0 atom stereocenters. The second kappa shape index (κ2) is 13.2. The zero-order valence-electron chi connectivity index (χ0n) is 29.8. The second-order valence-electron chi connectivity index (χ2n) is 13.6. The summed E-state index contributed by atoms with van der Waals surface area (Å²) in [5.41, 5.74) is 9.98. The Kier molecular flexibility index (Phi) is 7.57. The molecule has 0 saturated carbocycles. The van der Waals surface area contributed by atoms with Crippen molar-refractivity contribution in [3.8, 4) is 67.9 Å². The minimum Gasteiger partial charge on any atom is -0.452 e. The first-order valence-electron chi connectivity index (χ1n) is 18.4. The van der Waals surface area contributed by atoms with Gasteiger partial charge >= 0.3 is 0 Å². The fraction of sp³-hybridized carbons (Fsp3) is 0. The predicted molar refractivity (Wildman–Crippen MR) is 228 cm³/mol. The van der Waals surface area contributed by atoms with E-state index in [2.05, 4.69) is 103 Å². The number of aromatic nitrogens is 5. The first-order chi connectivity index (χ1) is 27.7. The van der Waals surface area contributed by atoms with E-state index in [4.69, 9.17) is 29.3 Å². The lowest BCUT2D eigenvalue weighted by Gasteiger charge is -2.10. The molecule has 0 bridgehead atoms. The maximum atomic E-state index is 6.41. The highest BCUT2D eigenvalue weighted by Crippen LogP contribution is 2.44. The molecule has 56 heavy (non-hydrogen) atoms. The number of thiophene rings is 1. The SMILES string of the molecule is c1ccc(-c2cccc(-c3nc(-c4ccccc4)nc(-c4cccc5c4sc4cccc(-c6nc(-c7ccccc7)c7oc8ccccc8c7n6)c45)n3)c2)cc1. The molecular formula is C49H29N5OS. The molecule has 7 heteroatoms. The quantitative estimate of drug-likeness (QED) is 0.169. The molecule has 0 aliphatic rings. The van der Waals surface area contributed by atoms with Gasteiger partial charge in [-0.1, -0.05) is 146 Å². The summed E-state index contributed by atoms with van der Waals surface area (Å²) in [6, 6.07) is 59.9. The van der Waals surface area contributed by atoms with Crippen LogP contribution in [0.15, 0.2) is 180 Å². The number of para-hydroxylation sites is 1. The number of furan rings is 1. The lowest BCUT2D eigenvalue weighted by molar-refractivity contribution is 0.667. The lowest BCUT2D eigenvalue weighted by atomic mass is 10.0. The van der Waals surface area contributed by atoms with Gasteiger partial charge < -0.3 is 4.42 Å². The molecule has 262 valence electrons. The van der Waals surface area contributed by atoms with Crippen LogP contribution >= 0.6 is 11.3 Å². The first kappa shape index (κ1) is 32.1. The van der Waals surface area contributed by atoms with E-state index in [0.717, 1.165) is 81.3 Å². The monoisotopic (exact) mass is 735 g/mol. The van der Waals surface area contributed by atoms with Crippen LogP contribution in [0.25, 0.3) is 110 Å². The van der Waals surface area contributed by atoms with Gasteiger partial charge in [0.1, 0.15) is 16.8 Å². The molecule has 0 saturated heterocycles. The predicted octanol–water partition coefficient (Wildman–Crippen LogP) is 12.9. The molecule has 11 aromatic rings. The van der Waals surface area contributed by atoms with Gasteiger partial charge in [0, 0.05) is 53.4 Å². The fourth-order valence-corrected chi connectivity index (χ4v) is 8.76. The van der Waals surface area contributed by atoms with Crippen LogP contribution in [-0.4, -0.2) is 24.9 Å². The highest BCUT2D eigenvalue weighted by atomic mass is 32.1. The van der Waals surface area contributed by atoms with Gasteiger partial charge in [-0.05, 0) is 41.5 Å². The van der Waals surface area contributed by atoms with Gasteiger partial charge in [-0.3, -0.25) is 0 Å². The van der Waals surface area contributed by atoms with E-state index in [-0.39, 0.29) is 0 Å². The van der Waals surface area contributed by atoms with E-state index in [1.165, 1.54) is 0 Å². The third kappa shape index (κ3) is 5.44. The average molecular weight is 736 g/mol. The van der Waals surface area contributed by atoms with Crippen LogP contribution < -0.4 is 0 Å². The summed E-state index contributed by atoms with van der Waals surface area (Å²) in [6.07, 6.45) is 0. The smallest absolute Gasteiger partial charge is 0.180 e. The van der Waals surface area contributed by atoms with Crippen LogP contribution in [-0.2, 0) is 0 Å². The van der Waals surface area contributed by atoms with Gasteiger partial charge in [0.25, 0.3) is 0 Å². The van der Waals surface area contributed by atoms with Crippen LogP contribution in [0.1, 0.15) is 0 Å². The maximum absolute atomic E-state index is 6.41. The van der Waals surface area contributed by atoms with Crippen molar-refractivity contribution in [2.24, 2.45) is 0 Å². The number of nitrogens with zero attached hydrogens (tertiary/aromatic N) is 5. The number of benzene rings is 7. The summed E-state index contributed by atoms with van der Waals surface area (Å²) >= 11 is 1.73. The molecule has 0 amide bonds. The fourth-order valence-electron chi connectivity index (χ4n) is 7.52. The standard InChI is InChI=1S/C49H29N5OS/c1-4-15-30(16-5-1)33-21-12-22-34(29-33)47-52-46(32-19-8-3-9-20-32)53-49(54-47)38-26-13-24-36-41-37(25-14-28-40(41)56-45(36)38)48-50-42(31-17-6-2-7-18-31)44-43(51-48)35-23-10-11-27-39(35)55-44/h1-29H. The Morgan fingerprint density at radius 1 is 0.393 bits per heavy atom. The van der Waals surface area contributed by atoms with E-state index >= 15 is 0 Å². The van der Waals surface area contributed by atoms with Gasteiger partial charge in [0.2, 0.25) is 0 Å². The topological polar surface area (TPSA) is 77.6 Å². The normalized spacial score (nSPS) is 11.6. The zero-order chi connectivity index (χ0) is 37.0. The molecule has 4 aromatic heterocycles.